The minimum absolute atomic E-state index is 0.159. The highest BCUT2D eigenvalue weighted by Gasteiger charge is 2.27. The molecule has 8 nitrogen and oxygen atoms in total. The van der Waals surface area contributed by atoms with E-state index in [1.54, 1.807) is 24.3 Å². The molecular weight excluding hydrogens is 462 g/mol. The second kappa shape index (κ2) is 10.3. The first-order valence-corrected chi connectivity index (χ1v) is 13.3. The zero-order valence-electron chi connectivity index (χ0n) is 20.7. The smallest absolute Gasteiger partial charge is 0.243 e. The number of benzene rings is 2. The van der Waals surface area contributed by atoms with Crippen LogP contribution < -0.4 is 5.32 Å². The van der Waals surface area contributed by atoms with Crippen molar-refractivity contribution < 1.29 is 13.2 Å². The van der Waals surface area contributed by atoms with Crippen LogP contribution in [0.5, 0.6) is 0 Å². The van der Waals surface area contributed by atoms with Gasteiger partial charge in [0.25, 0.3) is 0 Å². The molecule has 1 N–H and O–H groups in total. The van der Waals surface area contributed by atoms with Gasteiger partial charge < -0.3 is 5.32 Å². The van der Waals surface area contributed by atoms with E-state index >= 15 is 0 Å². The van der Waals surface area contributed by atoms with Crippen LogP contribution in [0, 0.1) is 13.8 Å². The van der Waals surface area contributed by atoms with Gasteiger partial charge >= 0.3 is 0 Å². The standard InChI is InChI=1S/C26H33N5O3S/c1-19-25(20(2)31(28-19)23-10-6-5-7-11-23)18-29(4)21(3)26(32)27-22-12-14-24(15-13-22)35(33,34)30-16-8-9-17-30/h5-7,10-15,21H,8-9,16-18H2,1-4H3,(H,27,32). The lowest BCUT2D eigenvalue weighted by atomic mass is 10.1. The molecule has 2 heterocycles. The van der Waals surface area contributed by atoms with E-state index in [4.69, 9.17) is 5.10 Å². The van der Waals surface area contributed by atoms with Crippen LogP contribution in [0.2, 0.25) is 0 Å². The molecule has 0 spiro atoms. The van der Waals surface area contributed by atoms with E-state index in [0.717, 1.165) is 35.5 Å². The van der Waals surface area contributed by atoms with Crippen molar-refractivity contribution in [2.24, 2.45) is 0 Å². The molecule has 1 aromatic heterocycles. The Morgan fingerprint density at radius 3 is 2.31 bits per heavy atom. The number of rotatable bonds is 8. The summed E-state index contributed by atoms with van der Waals surface area (Å²) in [5.74, 6) is -0.159. The molecule has 1 amide bonds. The molecular formula is C26H33N5O3S. The van der Waals surface area contributed by atoms with Gasteiger partial charge in [-0.2, -0.15) is 9.40 Å². The van der Waals surface area contributed by atoms with Gasteiger partial charge in [0, 0.05) is 36.6 Å². The number of carbonyl (C=O) groups excluding carboxylic acids is 1. The molecule has 4 rings (SSSR count). The van der Waals surface area contributed by atoms with Gasteiger partial charge in [0.05, 0.1) is 22.3 Å². The molecule has 35 heavy (non-hydrogen) atoms. The summed E-state index contributed by atoms with van der Waals surface area (Å²) in [7, 11) is -1.56. The van der Waals surface area contributed by atoms with Crippen molar-refractivity contribution in [1.82, 2.24) is 19.0 Å². The van der Waals surface area contributed by atoms with Crippen molar-refractivity contribution >= 4 is 21.6 Å². The second-order valence-corrected chi connectivity index (χ2v) is 11.1. The van der Waals surface area contributed by atoms with Crippen LogP contribution in [-0.4, -0.2) is 59.5 Å². The first kappa shape index (κ1) is 25.1. The van der Waals surface area contributed by atoms with Gasteiger partial charge in [-0.05, 0) is 77.1 Å². The molecule has 2 aromatic carbocycles. The van der Waals surface area contributed by atoms with Crippen molar-refractivity contribution in [2.75, 3.05) is 25.5 Å². The first-order valence-electron chi connectivity index (χ1n) is 11.9. The van der Waals surface area contributed by atoms with Gasteiger partial charge in [-0.25, -0.2) is 13.1 Å². The van der Waals surface area contributed by atoms with Crippen LogP contribution in [0.4, 0.5) is 5.69 Å². The molecule has 1 fully saturated rings. The molecule has 0 saturated carbocycles. The minimum atomic E-state index is -3.47. The molecule has 0 bridgehead atoms. The van der Waals surface area contributed by atoms with Gasteiger partial charge in [-0.15, -0.1) is 0 Å². The van der Waals surface area contributed by atoms with Gasteiger partial charge in [0.15, 0.2) is 0 Å². The predicted molar refractivity (Wildman–Crippen MR) is 137 cm³/mol. The SMILES string of the molecule is Cc1nn(-c2ccccc2)c(C)c1CN(C)C(C)C(=O)Nc1ccc(S(=O)(=O)N2CCCC2)cc1. The fourth-order valence-corrected chi connectivity index (χ4v) is 5.86. The van der Waals surface area contributed by atoms with E-state index in [1.165, 1.54) is 4.31 Å². The monoisotopic (exact) mass is 495 g/mol. The summed E-state index contributed by atoms with van der Waals surface area (Å²) in [5.41, 5.74) is 4.64. The number of aromatic nitrogens is 2. The molecule has 0 radical (unpaired) electrons. The predicted octanol–water partition coefficient (Wildman–Crippen LogP) is 3.73. The third kappa shape index (κ3) is 5.32. The van der Waals surface area contributed by atoms with E-state index in [-0.39, 0.29) is 10.8 Å². The first-order chi connectivity index (χ1) is 16.7. The average Bonchev–Trinajstić information content (AvgIpc) is 3.50. The molecule has 1 atom stereocenters. The normalized spacial score (nSPS) is 15.5. The molecule has 1 aliphatic heterocycles. The highest BCUT2D eigenvalue weighted by Crippen LogP contribution is 2.23. The van der Waals surface area contributed by atoms with Crippen LogP contribution in [-0.2, 0) is 21.4 Å². The fourth-order valence-electron chi connectivity index (χ4n) is 4.35. The third-order valence-corrected chi connectivity index (χ3v) is 8.63. The molecule has 0 aliphatic carbocycles. The van der Waals surface area contributed by atoms with Crippen molar-refractivity contribution in [1.29, 1.82) is 0 Å². The Kier molecular flexibility index (Phi) is 7.39. The van der Waals surface area contributed by atoms with Gasteiger partial charge in [-0.1, -0.05) is 18.2 Å². The van der Waals surface area contributed by atoms with E-state index in [0.29, 0.717) is 25.3 Å². The van der Waals surface area contributed by atoms with Crippen LogP contribution in [0.15, 0.2) is 59.5 Å². The summed E-state index contributed by atoms with van der Waals surface area (Å²) in [6.45, 7) is 7.58. The van der Waals surface area contributed by atoms with Crippen LogP contribution >= 0.6 is 0 Å². The van der Waals surface area contributed by atoms with Gasteiger partial charge in [-0.3, -0.25) is 9.69 Å². The van der Waals surface area contributed by atoms with Crippen LogP contribution in [0.3, 0.4) is 0 Å². The lowest BCUT2D eigenvalue weighted by molar-refractivity contribution is -0.120. The molecule has 1 aliphatic rings. The largest absolute Gasteiger partial charge is 0.325 e. The molecule has 9 heteroatoms. The fraction of sp³-hybridized carbons (Fsp3) is 0.385. The summed E-state index contributed by atoms with van der Waals surface area (Å²) in [5, 5.41) is 7.61. The van der Waals surface area contributed by atoms with E-state index < -0.39 is 16.1 Å². The van der Waals surface area contributed by atoms with Crippen LogP contribution in [0.1, 0.15) is 36.7 Å². The summed E-state index contributed by atoms with van der Waals surface area (Å²) in [4.78, 5) is 15.2. The highest BCUT2D eigenvalue weighted by atomic mass is 32.2. The van der Waals surface area contributed by atoms with Crippen molar-refractivity contribution in [3.63, 3.8) is 0 Å². The summed E-state index contributed by atoms with van der Waals surface area (Å²) in [6.07, 6.45) is 1.79. The number of hydrogen-bond donors (Lipinski definition) is 1. The Hall–Kier alpha value is -3.01. The lowest BCUT2D eigenvalue weighted by Crippen LogP contribution is -2.39. The second-order valence-electron chi connectivity index (χ2n) is 9.11. The summed E-state index contributed by atoms with van der Waals surface area (Å²) in [6, 6.07) is 16.0. The topological polar surface area (TPSA) is 87.5 Å². The minimum Gasteiger partial charge on any atom is -0.325 e. The number of nitrogens with one attached hydrogen (secondary N) is 1. The maximum Gasteiger partial charge on any atom is 0.243 e. The zero-order chi connectivity index (χ0) is 25.2. The van der Waals surface area contributed by atoms with E-state index in [1.807, 2.05) is 67.7 Å². The van der Waals surface area contributed by atoms with Gasteiger partial charge in [0.2, 0.25) is 15.9 Å². The average molecular weight is 496 g/mol. The molecule has 1 saturated heterocycles. The Labute approximate surface area is 207 Å². The van der Waals surface area contributed by atoms with Gasteiger partial charge in [0.1, 0.15) is 0 Å². The van der Waals surface area contributed by atoms with Crippen molar-refractivity contribution in [3.8, 4) is 5.69 Å². The summed E-state index contributed by atoms with van der Waals surface area (Å²) >= 11 is 0. The van der Waals surface area contributed by atoms with E-state index in [2.05, 4.69) is 5.32 Å². The Balaban J connectivity index is 1.41. The number of nitrogens with zero attached hydrogens (tertiary/aromatic N) is 4. The van der Waals surface area contributed by atoms with Crippen molar-refractivity contribution in [3.05, 3.63) is 71.5 Å². The maximum absolute atomic E-state index is 12.9. The number of anilines is 1. The molecule has 186 valence electrons. The van der Waals surface area contributed by atoms with Crippen LogP contribution in [0.25, 0.3) is 5.69 Å². The number of carbonyl (C=O) groups is 1. The Morgan fingerprint density at radius 2 is 1.69 bits per heavy atom. The van der Waals surface area contributed by atoms with Crippen molar-refractivity contribution in [2.45, 2.75) is 51.1 Å². The number of para-hydroxylation sites is 1. The quantitative estimate of drug-likeness (QED) is 0.515. The summed E-state index contributed by atoms with van der Waals surface area (Å²) < 4.78 is 28.9. The number of hydrogen-bond acceptors (Lipinski definition) is 5. The molecule has 1 unspecified atom stereocenters. The molecule has 3 aromatic rings. The Morgan fingerprint density at radius 1 is 1.06 bits per heavy atom. The highest BCUT2D eigenvalue weighted by molar-refractivity contribution is 7.89. The zero-order valence-corrected chi connectivity index (χ0v) is 21.5. The van der Waals surface area contributed by atoms with E-state index in [9.17, 15) is 13.2 Å². The number of aryl methyl sites for hydroxylation is 1. The number of likely N-dealkylation sites (N-methyl/N-ethyl adjacent to an activating group) is 1. The number of sulfonamides is 1. The number of amides is 1. The third-order valence-electron chi connectivity index (χ3n) is 6.71. The maximum atomic E-state index is 12.9. The Bertz CT molecular complexity index is 1280. The lowest BCUT2D eigenvalue weighted by Gasteiger charge is -2.24.